The second-order valence-electron chi connectivity index (χ2n) is 4.55. The maximum absolute atomic E-state index is 12.3. The number of thiophene rings is 1. The fraction of sp³-hybridized carbons (Fsp3) is 0.250. The summed E-state index contributed by atoms with van der Waals surface area (Å²) >= 11 is 13.4. The van der Waals surface area contributed by atoms with Crippen molar-refractivity contribution in [2.75, 3.05) is 0 Å². The third-order valence-electron chi connectivity index (χ3n) is 3.24. The van der Waals surface area contributed by atoms with Crippen LogP contribution in [-0.4, -0.2) is 18.7 Å². The maximum atomic E-state index is 12.3. The molecule has 0 bridgehead atoms. The van der Waals surface area contributed by atoms with Gasteiger partial charge in [-0.3, -0.25) is 13.9 Å². The summed E-state index contributed by atoms with van der Waals surface area (Å²) in [6.45, 7) is 0.375. The number of fused-ring (bicyclic) bond motifs is 1. The average molecular weight is 345 g/mol. The summed E-state index contributed by atoms with van der Waals surface area (Å²) in [4.78, 5) is 29.3. The average Bonchev–Trinajstić information content (AvgIpc) is 2.99. The van der Waals surface area contributed by atoms with Crippen LogP contribution in [0.1, 0.15) is 4.88 Å². The van der Waals surface area contributed by atoms with Gasteiger partial charge in [0.05, 0.1) is 10.9 Å². The summed E-state index contributed by atoms with van der Waals surface area (Å²) in [7, 11) is 2.98. The molecule has 0 amide bonds. The number of imidazole rings is 1. The summed E-state index contributed by atoms with van der Waals surface area (Å²) in [5, 5.41) is 0.160. The lowest BCUT2D eigenvalue weighted by Crippen LogP contribution is -2.37. The Hall–Kier alpha value is -1.57. The van der Waals surface area contributed by atoms with E-state index in [1.807, 2.05) is 6.07 Å². The number of halogens is 2. The Balaban J connectivity index is 2.31. The van der Waals surface area contributed by atoms with Gasteiger partial charge < -0.3 is 4.57 Å². The molecule has 3 aromatic heterocycles. The first kappa shape index (κ1) is 14.4. The van der Waals surface area contributed by atoms with Crippen molar-refractivity contribution in [2.24, 2.45) is 14.1 Å². The highest BCUT2D eigenvalue weighted by molar-refractivity contribution is 7.16. The monoisotopic (exact) mass is 344 g/mol. The van der Waals surface area contributed by atoms with E-state index in [2.05, 4.69) is 4.98 Å². The molecular weight excluding hydrogens is 335 g/mol. The van der Waals surface area contributed by atoms with E-state index in [0.29, 0.717) is 16.4 Å². The minimum Gasteiger partial charge on any atom is -0.303 e. The van der Waals surface area contributed by atoms with Gasteiger partial charge in [0.25, 0.3) is 5.56 Å². The number of aromatic nitrogens is 4. The molecular formula is C12H10Cl2N4O2S. The Morgan fingerprint density at radius 3 is 2.52 bits per heavy atom. The summed E-state index contributed by atoms with van der Waals surface area (Å²) < 4.78 is 4.59. The Kier molecular flexibility index (Phi) is 3.43. The summed E-state index contributed by atoms with van der Waals surface area (Å²) in [5.41, 5.74) is -0.284. The summed E-state index contributed by atoms with van der Waals surface area (Å²) in [5.74, 6) is 0. The van der Waals surface area contributed by atoms with Crippen molar-refractivity contribution >= 4 is 45.7 Å². The number of hydrogen-bond donors (Lipinski definition) is 0. The molecule has 0 saturated heterocycles. The van der Waals surface area contributed by atoms with Crippen LogP contribution in [0.5, 0.6) is 0 Å². The van der Waals surface area contributed by atoms with Gasteiger partial charge in [-0.25, -0.2) is 4.79 Å². The third-order valence-corrected chi connectivity index (χ3v) is 4.75. The Morgan fingerprint density at radius 2 is 1.90 bits per heavy atom. The van der Waals surface area contributed by atoms with Crippen molar-refractivity contribution in [3.8, 4) is 0 Å². The zero-order valence-electron chi connectivity index (χ0n) is 11.1. The van der Waals surface area contributed by atoms with Crippen molar-refractivity contribution < 1.29 is 0 Å². The van der Waals surface area contributed by atoms with E-state index in [4.69, 9.17) is 23.2 Å². The minimum absolute atomic E-state index is 0.160. The molecule has 0 aliphatic carbocycles. The first-order chi connectivity index (χ1) is 9.90. The molecule has 9 heteroatoms. The van der Waals surface area contributed by atoms with Crippen molar-refractivity contribution in [1.82, 2.24) is 18.7 Å². The van der Waals surface area contributed by atoms with Crippen LogP contribution in [0.3, 0.4) is 0 Å². The van der Waals surface area contributed by atoms with Gasteiger partial charge in [-0.05, 0) is 23.7 Å². The molecule has 6 nitrogen and oxygen atoms in total. The van der Waals surface area contributed by atoms with E-state index in [-0.39, 0.29) is 10.9 Å². The largest absolute Gasteiger partial charge is 0.332 e. The van der Waals surface area contributed by atoms with Crippen molar-refractivity contribution in [3.05, 3.63) is 47.5 Å². The fourth-order valence-electron chi connectivity index (χ4n) is 2.16. The van der Waals surface area contributed by atoms with E-state index in [1.54, 1.807) is 17.7 Å². The van der Waals surface area contributed by atoms with E-state index in [9.17, 15) is 9.59 Å². The predicted molar refractivity (Wildman–Crippen MR) is 83.7 cm³/mol. The minimum atomic E-state index is -0.437. The number of aryl methyl sites for hydroxylation is 1. The van der Waals surface area contributed by atoms with Gasteiger partial charge in [0.2, 0.25) is 5.28 Å². The van der Waals surface area contributed by atoms with Crippen LogP contribution in [0.4, 0.5) is 0 Å². The van der Waals surface area contributed by atoms with E-state index < -0.39 is 11.2 Å². The fourth-order valence-corrected chi connectivity index (χ4v) is 3.46. The summed E-state index contributed by atoms with van der Waals surface area (Å²) in [6.07, 6.45) is 0. The Morgan fingerprint density at radius 1 is 1.19 bits per heavy atom. The normalized spacial score (nSPS) is 11.4. The van der Waals surface area contributed by atoms with Crippen molar-refractivity contribution in [3.63, 3.8) is 0 Å². The van der Waals surface area contributed by atoms with Crippen LogP contribution >= 0.6 is 34.5 Å². The van der Waals surface area contributed by atoms with E-state index in [1.165, 1.54) is 23.0 Å². The highest BCUT2D eigenvalue weighted by Crippen LogP contribution is 2.24. The molecule has 0 fully saturated rings. The van der Waals surface area contributed by atoms with Crippen LogP contribution in [-0.2, 0) is 20.6 Å². The van der Waals surface area contributed by atoms with Gasteiger partial charge >= 0.3 is 5.69 Å². The SMILES string of the molecule is Cn1c(=O)c2c(nc(Cl)n2Cc2ccc(Cl)s2)n(C)c1=O. The highest BCUT2D eigenvalue weighted by Gasteiger charge is 2.18. The zero-order chi connectivity index (χ0) is 15.3. The maximum Gasteiger partial charge on any atom is 0.332 e. The molecule has 0 N–H and O–H groups in total. The van der Waals surface area contributed by atoms with Gasteiger partial charge in [0, 0.05) is 19.0 Å². The smallest absolute Gasteiger partial charge is 0.303 e. The topological polar surface area (TPSA) is 61.8 Å². The molecule has 3 aromatic rings. The van der Waals surface area contributed by atoms with Gasteiger partial charge in [-0.2, -0.15) is 4.98 Å². The van der Waals surface area contributed by atoms with E-state index in [0.717, 1.165) is 9.44 Å². The second kappa shape index (κ2) is 5.01. The molecule has 0 radical (unpaired) electrons. The molecule has 110 valence electrons. The van der Waals surface area contributed by atoms with Crippen LogP contribution in [0.15, 0.2) is 21.7 Å². The van der Waals surface area contributed by atoms with Crippen LogP contribution in [0, 0.1) is 0 Å². The van der Waals surface area contributed by atoms with Gasteiger partial charge in [-0.1, -0.05) is 11.6 Å². The molecule has 0 atom stereocenters. The first-order valence-electron chi connectivity index (χ1n) is 5.96. The lowest BCUT2D eigenvalue weighted by molar-refractivity contribution is 0.703. The lowest BCUT2D eigenvalue weighted by atomic mass is 10.4. The molecule has 3 rings (SSSR count). The number of nitrogens with zero attached hydrogens (tertiary/aromatic N) is 4. The number of rotatable bonds is 2. The van der Waals surface area contributed by atoms with Gasteiger partial charge in [0.15, 0.2) is 11.2 Å². The molecule has 0 aromatic carbocycles. The van der Waals surface area contributed by atoms with Crippen molar-refractivity contribution in [1.29, 1.82) is 0 Å². The quantitative estimate of drug-likeness (QED) is 0.666. The molecule has 21 heavy (non-hydrogen) atoms. The molecule has 0 spiro atoms. The molecule has 3 heterocycles. The molecule has 0 aliphatic heterocycles. The third kappa shape index (κ3) is 2.21. The highest BCUT2D eigenvalue weighted by atomic mass is 35.5. The molecule has 0 unspecified atom stereocenters. The molecule has 0 saturated carbocycles. The van der Waals surface area contributed by atoms with Gasteiger partial charge in [-0.15, -0.1) is 11.3 Å². The predicted octanol–water partition coefficient (Wildman–Crippen LogP) is 1.85. The Bertz CT molecular complexity index is 966. The second-order valence-corrected chi connectivity index (χ2v) is 6.69. The van der Waals surface area contributed by atoms with Crippen molar-refractivity contribution in [2.45, 2.75) is 6.54 Å². The Labute approximate surface area is 132 Å². The standard InChI is InChI=1S/C12H10Cl2N4O2S/c1-16-9-8(10(19)17(2)12(16)20)18(11(14)15-9)5-6-3-4-7(13)21-6/h3-4H,5H2,1-2H3. The first-order valence-corrected chi connectivity index (χ1v) is 7.53. The van der Waals surface area contributed by atoms with Gasteiger partial charge in [0.1, 0.15) is 0 Å². The van der Waals surface area contributed by atoms with Crippen LogP contribution in [0.25, 0.3) is 11.2 Å². The zero-order valence-corrected chi connectivity index (χ0v) is 13.5. The molecule has 0 aliphatic rings. The van der Waals surface area contributed by atoms with Crippen LogP contribution in [0.2, 0.25) is 9.62 Å². The summed E-state index contributed by atoms with van der Waals surface area (Å²) in [6, 6.07) is 3.64. The number of hydrogen-bond acceptors (Lipinski definition) is 4. The lowest BCUT2D eigenvalue weighted by Gasteiger charge is -2.06. The van der Waals surface area contributed by atoms with Crippen LogP contribution < -0.4 is 11.2 Å². The van der Waals surface area contributed by atoms with E-state index >= 15 is 0 Å².